The van der Waals surface area contributed by atoms with E-state index in [1.807, 2.05) is 0 Å². The van der Waals surface area contributed by atoms with Gasteiger partial charge < -0.3 is 10.1 Å². The number of hydrogen-bond acceptors (Lipinski definition) is 2. The molecular weight excluding hydrogens is 210 g/mol. The lowest BCUT2D eigenvalue weighted by molar-refractivity contribution is 0.0109. The molecule has 2 heteroatoms. The molecule has 2 unspecified atom stereocenters. The quantitative estimate of drug-likeness (QED) is 0.716. The Kier molecular flexibility index (Phi) is 5.79. The smallest absolute Gasteiger partial charge is 0.0728 e. The van der Waals surface area contributed by atoms with E-state index in [-0.39, 0.29) is 0 Å². The molecule has 0 aromatic rings. The number of likely N-dealkylation sites (N-methyl/N-ethyl adjacent to an activating group) is 1. The Morgan fingerprint density at radius 2 is 1.82 bits per heavy atom. The third-order valence-electron chi connectivity index (χ3n) is 4.50. The van der Waals surface area contributed by atoms with Gasteiger partial charge in [0.15, 0.2) is 0 Å². The molecule has 2 nitrogen and oxygen atoms in total. The van der Waals surface area contributed by atoms with Crippen LogP contribution in [-0.4, -0.2) is 25.3 Å². The zero-order valence-corrected chi connectivity index (χ0v) is 11.4. The first-order chi connectivity index (χ1) is 8.40. The van der Waals surface area contributed by atoms with Gasteiger partial charge in [-0.25, -0.2) is 0 Å². The summed E-state index contributed by atoms with van der Waals surface area (Å²) in [6.45, 7) is 4.28. The highest BCUT2D eigenvalue weighted by Gasteiger charge is 2.24. The Labute approximate surface area is 107 Å². The Balaban J connectivity index is 1.69. The summed E-state index contributed by atoms with van der Waals surface area (Å²) in [4.78, 5) is 0. The van der Waals surface area contributed by atoms with Crippen molar-refractivity contribution in [1.29, 1.82) is 0 Å². The summed E-state index contributed by atoms with van der Waals surface area (Å²) in [5.41, 5.74) is 0. The summed E-state index contributed by atoms with van der Waals surface area (Å²) in [5, 5.41) is 3.62. The maximum absolute atomic E-state index is 6.17. The maximum Gasteiger partial charge on any atom is 0.0728 e. The van der Waals surface area contributed by atoms with Crippen molar-refractivity contribution in [1.82, 2.24) is 5.32 Å². The van der Waals surface area contributed by atoms with E-state index in [4.69, 9.17) is 4.74 Å². The third-order valence-corrected chi connectivity index (χ3v) is 4.50. The lowest BCUT2D eigenvalue weighted by Gasteiger charge is -2.29. The molecule has 2 aliphatic carbocycles. The first kappa shape index (κ1) is 13.4. The van der Waals surface area contributed by atoms with Crippen molar-refractivity contribution >= 4 is 0 Å². The molecule has 0 radical (unpaired) electrons. The summed E-state index contributed by atoms with van der Waals surface area (Å²) in [6, 6.07) is 0.615. The molecular formula is C15H29NO. The topological polar surface area (TPSA) is 21.3 Å². The van der Waals surface area contributed by atoms with Crippen LogP contribution in [-0.2, 0) is 4.74 Å². The van der Waals surface area contributed by atoms with Crippen molar-refractivity contribution in [2.75, 3.05) is 13.2 Å². The molecule has 1 N–H and O–H groups in total. The normalized spacial score (nSPS) is 30.9. The monoisotopic (exact) mass is 239 g/mol. The van der Waals surface area contributed by atoms with Gasteiger partial charge >= 0.3 is 0 Å². The van der Waals surface area contributed by atoms with Crippen LogP contribution in [0, 0.1) is 5.92 Å². The van der Waals surface area contributed by atoms with Crippen molar-refractivity contribution in [3.8, 4) is 0 Å². The third kappa shape index (κ3) is 4.26. The molecule has 0 aromatic heterocycles. The number of nitrogens with one attached hydrogen (secondary N) is 1. The molecule has 2 atom stereocenters. The Morgan fingerprint density at radius 1 is 1.00 bits per heavy atom. The zero-order chi connectivity index (χ0) is 11.9. The second-order valence-electron chi connectivity index (χ2n) is 5.80. The van der Waals surface area contributed by atoms with Crippen molar-refractivity contribution in [3.05, 3.63) is 0 Å². The summed E-state index contributed by atoms with van der Waals surface area (Å²) in [7, 11) is 0. The van der Waals surface area contributed by atoms with Gasteiger partial charge in [-0.2, -0.15) is 0 Å². The summed E-state index contributed by atoms with van der Waals surface area (Å²) in [6.07, 6.45) is 12.8. The van der Waals surface area contributed by atoms with Gasteiger partial charge in [0.05, 0.1) is 6.10 Å². The lowest BCUT2D eigenvalue weighted by Crippen LogP contribution is -2.40. The van der Waals surface area contributed by atoms with Crippen LogP contribution in [0.25, 0.3) is 0 Å². The van der Waals surface area contributed by atoms with E-state index in [0.29, 0.717) is 12.1 Å². The fourth-order valence-corrected chi connectivity index (χ4v) is 3.14. The number of ether oxygens (including phenoxy) is 1. The Morgan fingerprint density at radius 3 is 2.53 bits per heavy atom. The van der Waals surface area contributed by atoms with Gasteiger partial charge in [-0.05, 0) is 31.7 Å². The minimum atomic E-state index is 0.484. The van der Waals surface area contributed by atoms with Crippen molar-refractivity contribution in [2.45, 2.75) is 76.9 Å². The molecule has 100 valence electrons. The molecule has 0 aliphatic heterocycles. The predicted octanol–water partition coefficient (Wildman–Crippen LogP) is 3.50. The fourth-order valence-electron chi connectivity index (χ4n) is 3.14. The molecule has 0 spiro atoms. The van der Waals surface area contributed by atoms with E-state index in [9.17, 15) is 0 Å². The van der Waals surface area contributed by atoms with E-state index in [1.54, 1.807) is 0 Å². The minimum Gasteiger partial charge on any atom is -0.377 e. The Bertz CT molecular complexity index is 203. The van der Waals surface area contributed by atoms with Gasteiger partial charge in [-0.1, -0.05) is 45.4 Å². The minimum absolute atomic E-state index is 0.484. The average molecular weight is 239 g/mol. The van der Waals surface area contributed by atoms with Crippen LogP contribution in [0.4, 0.5) is 0 Å². The summed E-state index contributed by atoms with van der Waals surface area (Å²) in [5.74, 6) is 0.985. The summed E-state index contributed by atoms with van der Waals surface area (Å²) >= 11 is 0. The molecule has 2 fully saturated rings. The van der Waals surface area contributed by atoms with E-state index in [0.717, 1.165) is 19.1 Å². The molecule has 17 heavy (non-hydrogen) atoms. The highest BCUT2D eigenvalue weighted by atomic mass is 16.5. The maximum atomic E-state index is 6.17. The SMILES string of the molecule is CCNC1CCCCCC1OCCC1CCC1. The van der Waals surface area contributed by atoms with Crippen LogP contribution in [0.2, 0.25) is 0 Å². The Hall–Kier alpha value is -0.0800. The molecule has 0 aromatic carbocycles. The first-order valence-electron chi connectivity index (χ1n) is 7.75. The summed E-state index contributed by atoms with van der Waals surface area (Å²) < 4.78 is 6.17. The highest BCUT2D eigenvalue weighted by molar-refractivity contribution is 4.80. The van der Waals surface area contributed by atoms with E-state index >= 15 is 0 Å². The zero-order valence-electron chi connectivity index (χ0n) is 11.4. The van der Waals surface area contributed by atoms with Gasteiger partial charge in [0.25, 0.3) is 0 Å². The van der Waals surface area contributed by atoms with Crippen LogP contribution in [0.5, 0.6) is 0 Å². The van der Waals surface area contributed by atoms with Gasteiger partial charge in [-0.15, -0.1) is 0 Å². The van der Waals surface area contributed by atoms with E-state index in [2.05, 4.69) is 12.2 Å². The van der Waals surface area contributed by atoms with Crippen LogP contribution in [0.15, 0.2) is 0 Å². The van der Waals surface area contributed by atoms with Crippen LogP contribution < -0.4 is 5.32 Å². The first-order valence-corrected chi connectivity index (χ1v) is 7.75. The van der Waals surface area contributed by atoms with Gasteiger partial charge in [-0.3, -0.25) is 0 Å². The molecule has 2 rings (SSSR count). The highest BCUT2D eigenvalue weighted by Crippen LogP contribution is 2.29. The molecule has 0 amide bonds. The average Bonchev–Trinajstić information content (AvgIpc) is 2.48. The fraction of sp³-hybridized carbons (Fsp3) is 1.00. The standard InChI is InChI=1S/C15H29NO/c1-2-16-14-9-4-3-5-10-15(14)17-12-11-13-7-6-8-13/h13-16H,2-12H2,1H3. The largest absolute Gasteiger partial charge is 0.377 e. The van der Waals surface area contributed by atoms with Crippen molar-refractivity contribution < 1.29 is 4.74 Å². The van der Waals surface area contributed by atoms with Crippen LogP contribution >= 0.6 is 0 Å². The molecule has 0 heterocycles. The van der Waals surface area contributed by atoms with Crippen LogP contribution in [0.1, 0.15) is 64.7 Å². The van der Waals surface area contributed by atoms with Gasteiger partial charge in [0.1, 0.15) is 0 Å². The number of hydrogen-bond donors (Lipinski definition) is 1. The second kappa shape index (κ2) is 7.38. The van der Waals surface area contributed by atoms with Crippen LogP contribution in [0.3, 0.4) is 0 Å². The van der Waals surface area contributed by atoms with Gasteiger partial charge in [0.2, 0.25) is 0 Å². The predicted molar refractivity (Wildman–Crippen MR) is 72.2 cm³/mol. The number of rotatable bonds is 6. The van der Waals surface area contributed by atoms with E-state index in [1.165, 1.54) is 57.8 Å². The van der Waals surface area contributed by atoms with Crippen molar-refractivity contribution in [2.24, 2.45) is 5.92 Å². The van der Waals surface area contributed by atoms with Crippen molar-refractivity contribution in [3.63, 3.8) is 0 Å². The molecule has 2 aliphatic rings. The molecule has 2 saturated carbocycles. The van der Waals surface area contributed by atoms with E-state index < -0.39 is 0 Å². The lowest BCUT2D eigenvalue weighted by atomic mass is 9.83. The second-order valence-corrected chi connectivity index (χ2v) is 5.80. The molecule has 0 bridgehead atoms. The molecule has 0 saturated heterocycles. The van der Waals surface area contributed by atoms with Gasteiger partial charge in [0, 0.05) is 12.6 Å².